The van der Waals surface area contributed by atoms with Crippen LogP contribution in [0, 0.1) is 0 Å². The topological polar surface area (TPSA) is 53.6 Å². The van der Waals surface area contributed by atoms with Crippen LogP contribution >= 0.6 is 23.3 Å². The lowest BCUT2D eigenvalue weighted by molar-refractivity contribution is 1.10. The second-order valence-electron chi connectivity index (χ2n) is 6.28. The summed E-state index contributed by atoms with van der Waals surface area (Å²) in [6, 6.07) is 20.8. The minimum absolute atomic E-state index is 1.00. The third-order valence-electron chi connectivity index (χ3n) is 4.51. The zero-order valence-corrected chi connectivity index (χ0v) is 16.4. The van der Waals surface area contributed by atoms with E-state index in [2.05, 4.69) is 73.8 Å². The Morgan fingerprint density at radius 1 is 0.929 bits per heavy atom. The molecule has 28 heavy (non-hydrogen) atoms. The predicted octanol–water partition coefficient (Wildman–Crippen LogP) is 6.47. The van der Waals surface area contributed by atoms with Crippen molar-refractivity contribution >= 4 is 39.1 Å². The normalized spacial score (nSPS) is 11.0. The number of aromatic nitrogens is 3. The smallest absolute Gasteiger partial charge is 0.0729 e. The maximum Gasteiger partial charge on any atom is 0.0729 e. The number of nitrogens with one attached hydrogen (secondary N) is 2. The van der Waals surface area contributed by atoms with Crippen LogP contribution in [0.5, 0.6) is 0 Å². The van der Waals surface area contributed by atoms with Gasteiger partial charge in [0.05, 0.1) is 11.9 Å². The van der Waals surface area contributed by atoms with Crippen molar-refractivity contribution in [3.05, 3.63) is 84.6 Å². The summed E-state index contributed by atoms with van der Waals surface area (Å²) in [4.78, 5) is 5.34. The Morgan fingerprint density at radius 2 is 1.82 bits per heavy atom. The molecule has 0 aliphatic carbocycles. The number of fused-ring (bicyclic) bond motifs is 1. The van der Waals surface area contributed by atoms with E-state index in [-0.39, 0.29) is 0 Å². The van der Waals surface area contributed by atoms with Gasteiger partial charge in [-0.25, -0.2) is 0 Å². The molecular formula is C22H16N4S2. The number of aromatic amines is 1. The molecule has 0 aliphatic heterocycles. The Balaban J connectivity index is 1.41. The van der Waals surface area contributed by atoms with Gasteiger partial charge in [0, 0.05) is 49.6 Å². The van der Waals surface area contributed by atoms with Gasteiger partial charge in [-0.2, -0.15) is 5.10 Å². The van der Waals surface area contributed by atoms with Crippen LogP contribution in [0.4, 0.5) is 5.69 Å². The molecule has 0 unspecified atom stereocenters. The van der Waals surface area contributed by atoms with Crippen LogP contribution in [0.25, 0.3) is 32.5 Å². The van der Waals surface area contributed by atoms with Crippen molar-refractivity contribution < 1.29 is 0 Å². The summed E-state index contributed by atoms with van der Waals surface area (Å²) in [5.74, 6) is 0. The second kappa shape index (κ2) is 7.50. The van der Waals surface area contributed by atoms with Gasteiger partial charge >= 0.3 is 0 Å². The second-order valence-corrected chi connectivity index (χ2v) is 8.03. The highest BCUT2D eigenvalue weighted by Gasteiger charge is 2.11. The molecule has 0 saturated heterocycles. The number of hydrogen-bond donors (Lipinski definition) is 2. The van der Waals surface area contributed by atoms with E-state index in [1.54, 1.807) is 35.7 Å². The fraction of sp³-hybridized carbons (Fsp3) is 0. The van der Waals surface area contributed by atoms with Crippen LogP contribution in [0.3, 0.4) is 0 Å². The monoisotopic (exact) mass is 400 g/mol. The molecule has 0 amide bonds. The van der Waals surface area contributed by atoms with E-state index >= 15 is 0 Å². The number of anilines is 1. The third-order valence-corrected chi connectivity index (χ3v) is 6.51. The molecule has 0 atom stereocenters. The molecule has 0 fully saturated rings. The Kier molecular flexibility index (Phi) is 4.56. The molecule has 4 nitrogen and oxygen atoms in total. The van der Waals surface area contributed by atoms with Crippen molar-refractivity contribution in [2.75, 3.05) is 4.72 Å². The average Bonchev–Trinajstić information content (AvgIpc) is 3.41. The summed E-state index contributed by atoms with van der Waals surface area (Å²) in [6.07, 6.45) is 5.45. The molecule has 0 aliphatic rings. The van der Waals surface area contributed by atoms with Gasteiger partial charge in [-0.05, 0) is 47.8 Å². The fourth-order valence-electron chi connectivity index (χ4n) is 3.14. The molecule has 0 radical (unpaired) electrons. The lowest BCUT2D eigenvalue weighted by atomic mass is 10.0. The van der Waals surface area contributed by atoms with Gasteiger partial charge in [0.25, 0.3) is 0 Å². The van der Waals surface area contributed by atoms with Crippen molar-refractivity contribution in [1.29, 1.82) is 0 Å². The molecule has 3 aromatic heterocycles. The van der Waals surface area contributed by atoms with Crippen LogP contribution in [-0.2, 0) is 0 Å². The summed E-state index contributed by atoms with van der Waals surface area (Å²) >= 11 is 3.41. The molecule has 5 aromatic rings. The van der Waals surface area contributed by atoms with Gasteiger partial charge in [0.15, 0.2) is 0 Å². The number of rotatable bonds is 5. The highest BCUT2D eigenvalue weighted by molar-refractivity contribution is 8.01. The number of hydrogen-bond acceptors (Lipinski definition) is 5. The summed E-state index contributed by atoms with van der Waals surface area (Å²) in [6.45, 7) is 0. The Hall–Kier alpha value is -3.09. The first kappa shape index (κ1) is 17.0. The van der Waals surface area contributed by atoms with E-state index in [1.807, 2.05) is 18.3 Å². The molecule has 0 bridgehead atoms. The minimum Gasteiger partial charge on any atom is -0.326 e. The molecule has 0 saturated carbocycles. The first-order valence-electron chi connectivity index (χ1n) is 8.82. The van der Waals surface area contributed by atoms with E-state index in [4.69, 9.17) is 0 Å². The molecule has 6 heteroatoms. The highest BCUT2D eigenvalue weighted by atomic mass is 32.2. The highest BCUT2D eigenvalue weighted by Crippen LogP contribution is 2.35. The number of H-pyrrole nitrogens is 1. The molecule has 5 rings (SSSR count). The summed E-state index contributed by atoms with van der Waals surface area (Å²) in [7, 11) is 0. The molecule has 2 aromatic carbocycles. The standard InChI is InChI=1S/C22H16N4S2/c1-2-7-20-18(6-1)21(14-27-20)28-26-17-5-3-4-16(12-17)22-19(13-24-25-22)15-8-10-23-11-9-15/h1-14,26H,(H,24,25). The van der Waals surface area contributed by atoms with Gasteiger partial charge in [-0.1, -0.05) is 30.3 Å². The number of nitrogens with zero attached hydrogens (tertiary/aromatic N) is 2. The molecular weight excluding hydrogens is 384 g/mol. The van der Waals surface area contributed by atoms with Gasteiger partial charge in [-0.15, -0.1) is 11.3 Å². The van der Waals surface area contributed by atoms with Crippen molar-refractivity contribution in [2.24, 2.45) is 0 Å². The average molecular weight is 401 g/mol. The van der Waals surface area contributed by atoms with E-state index in [0.717, 1.165) is 28.1 Å². The van der Waals surface area contributed by atoms with Gasteiger partial charge in [0.1, 0.15) is 0 Å². The number of thiophene rings is 1. The predicted molar refractivity (Wildman–Crippen MR) is 119 cm³/mol. The van der Waals surface area contributed by atoms with Crippen LogP contribution in [0.2, 0.25) is 0 Å². The number of pyridine rings is 1. The van der Waals surface area contributed by atoms with Crippen molar-refractivity contribution in [1.82, 2.24) is 15.2 Å². The summed E-state index contributed by atoms with van der Waals surface area (Å²) in [5, 5.41) is 10.9. The first-order valence-corrected chi connectivity index (χ1v) is 10.5. The van der Waals surface area contributed by atoms with Crippen molar-refractivity contribution in [2.45, 2.75) is 4.90 Å². The largest absolute Gasteiger partial charge is 0.326 e. The van der Waals surface area contributed by atoms with Gasteiger partial charge in [0.2, 0.25) is 0 Å². The Bertz CT molecular complexity index is 1230. The molecule has 136 valence electrons. The van der Waals surface area contributed by atoms with Gasteiger partial charge in [-0.3, -0.25) is 10.1 Å². The van der Waals surface area contributed by atoms with Crippen LogP contribution in [0.15, 0.2) is 89.5 Å². The summed E-state index contributed by atoms with van der Waals surface area (Å²) in [5.41, 5.74) is 5.30. The fourth-order valence-corrected chi connectivity index (χ4v) is 5.01. The first-order chi connectivity index (χ1) is 13.9. The maximum atomic E-state index is 4.26. The van der Waals surface area contributed by atoms with E-state index in [9.17, 15) is 0 Å². The van der Waals surface area contributed by atoms with Crippen LogP contribution < -0.4 is 4.72 Å². The van der Waals surface area contributed by atoms with E-state index in [1.165, 1.54) is 15.0 Å². The maximum absolute atomic E-state index is 4.26. The van der Waals surface area contributed by atoms with Crippen molar-refractivity contribution in [3.63, 3.8) is 0 Å². The van der Waals surface area contributed by atoms with Crippen LogP contribution in [0.1, 0.15) is 0 Å². The lowest BCUT2D eigenvalue weighted by Crippen LogP contribution is -1.88. The Morgan fingerprint density at radius 3 is 2.75 bits per heavy atom. The van der Waals surface area contributed by atoms with Gasteiger partial charge < -0.3 is 4.72 Å². The van der Waals surface area contributed by atoms with E-state index < -0.39 is 0 Å². The molecule has 2 N–H and O–H groups in total. The Labute approximate surface area is 170 Å². The van der Waals surface area contributed by atoms with Crippen molar-refractivity contribution in [3.8, 4) is 22.4 Å². The molecule has 3 heterocycles. The number of benzene rings is 2. The SMILES string of the molecule is c1cc(NSc2csc3ccccc23)cc(-c2[nH]ncc2-c2ccncc2)c1. The lowest BCUT2D eigenvalue weighted by Gasteiger charge is -2.08. The minimum atomic E-state index is 1.00. The van der Waals surface area contributed by atoms with Crippen LogP contribution in [-0.4, -0.2) is 15.2 Å². The quantitative estimate of drug-likeness (QED) is 0.332. The van der Waals surface area contributed by atoms with E-state index in [0.29, 0.717) is 0 Å². The molecule has 0 spiro atoms. The summed E-state index contributed by atoms with van der Waals surface area (Å²) < 4.78 is 4.79. The third kappa shape index (κ3) is 3.28. The zero-order valence-electron chi connectivity index (χ0n) is 14.8. The zero-order chi connectivity index (χ0) is 18.8.